The molecule has 0 fully saturated rings. The van der Waals surface area contributed by atoms with Crippen LogP contribution < -0.4 is 5.32 Å². The van der Waals surface area contributed by atoms with Crippen molar-refractivity contribution in [3.05, 3.63) is 76.9 Å². The summed E-state index contributed by atoms with van der Waals surface area (Å²) in [5, 5.41) is 3.54. The van der Waals surface area contributed by atoms with Gasteiger partial charge in [0.2, 0.25) is 0 Å². The number of carbonyl (C=O) groups is 1. The third-order valence-electron chi connectivity index (χ3n) is 5.25. The second-order valence-corrected chi connectivity index (χ2v) is 8.51. The highest BCUT2D eigenvalue weighted by atomic mass is 32.1. The Balaban J connectivity index is 1.58. The number of nitrogens with one attached hydrogen (secondary N) is 1. The van der Waals surface area contributed by atoms with E-state index in [9.17, 15) is 9.18 Å². The molecule has 2 heterocycles. The number of carbonyl (C=O) groups excluding carboxylic acids is 1. The highest BCUT2D eigenvalue weighted by molar-refractivity contribution is 7.22. The minimum atomic E-state index is -0.284. The number of rotatable bonds is 6. The fourth-order valence-corrected chi connectivity index (χ4v) is 4.63. The van der Waals surface area contributed by atoms with Gasteiger partial charge in [-0.1, -0.05) is 30.7 Å². The van der Waals surface area contributed by atoms with Crippen LogP contribution in [0.15, 0.2) is 48.5 Å². The Morgan fingerprint density at radius 3 is 2.63 bits per heavy atom. The molecule has 4 nitrogen and oxygen atoms in total. The topological polar surface area (TPSA) is 46.9 Å². The summed E-state index contributed by atoms with van der Waals surface area (Å²) in [6, 6.07) is 14.4. The van der Waals surface area contributed by atoms with Gasteiger partial charge in [0.15, 0.2) is 5.13 Å². The van der Waals surface area contributed by atoms with E-state index in [-0.39, 0.29) is 11.7 Å². The number of hydrogen-bond acceptors (Lipinski definition) is 3. The molecule has 0 radical (unpaired) electrons. The first-order valence-electron chi connectivity index (χ1n) is 10.1. The number of fused-ring (bicyclic) bond motifs is 1. The van der Waals surface area contributed by atoms with Gasteiger partial charge in [0.05, 0.1) is 15.8 Å². The molecule has 2 aromatic carbocycles. The van der Waals surface area contributed by atoms with E-state index in [1.54, 1.807) is 12.1 Å². The van der Waals surface area contributed by atoms with Crippen LogP contribution in [0.3, 0.4) is 0 Å². The molecule has 0 saturated carbocycles. The molecular formula is C24H24FN3OS. The van der Waals surface area contributed by atoms with Gasteiger partial charge in [-0.05, 0) is 74.7 Å². The van der Waals surface area contributed by atoms with E-state index in [1.165, 1.54) is 35.5 Å². The summed E-state index contributed by atoms with van der Waals surface area (Å²) in [5.74, 6) is -0.477. The molecular weight excluding hydrogens is 397 g/mol. The molecule has 0 aliphatic carbocycles. The number of aromatic nitrogens is 2. The van der Waals surface area contributed by atoms with E-state index in [0.717, 1.165) is 40.1 Å². The largest absolute Gasteiger partial charge is 0.318 e. The Kier molecular flexibility index (Phi) is 5.68. The predicted octanol–water partition coefficient (Wildman–Crippen LogP) is 6.44. The summed E-state index contributed by atoms with van der Waals surface area (Å²) >= 11 is 1.49. The summed E-state index contributed by atoms with van der Waals surface area (Å²) in [5.41, 5.74) is 5.32. The summed E-state index contributed by atoms with van der Waals surface area (Å²) in [7, 11) is 0. The van der Waals surface area contributed by atoms with Crippen molar-refractivity contribution >= 4 is 32.6 Å². The smallest absolute Gasteiger partial charge is 0.259 e. The van der Waals surface area contributed by atoms with Crippen molar-refractivity contribution in [2.75, 3.05) is 5.32 Å². The molecule has 0 unspecified atom stereocenters. The highest BCUT2D eigenvalue weighted by Gasteiger charge is 2.18. The lowest BCUT2D eigenvalue weighted by molar-refractivity contribution is 0.102. The molecule has 0 aliphatic heterocycles. The van der Waals surface area contributed by atoms with Crippen molar-refractivity contribution in [2.45, 2.75) is 40.0 Å². The zero-order valence-corrected chi connectivity index (χ0v) is 18.1. The van der Waals surface area contributed by atoms with Crippen molar-refractivity contribution in [1.82, 2.24) is 9.55 Å². The number of benzene rings is 2. The standard InChI is InChI=1S/C24H24FN3OS/c1-4-5-6-17-7-12-21-22(14-17)30-24(26-21)27-23(29)20-13-15(2)28(16(20)3)19-10-8-18(25)9-11-19/h7-14H,4-6H2,1-3H3,(H,26,27,29). The van der Waals surface area contributed by atoms with Crippen LogP contribution in [0, 0.1) is 19.7 Å². The number of hydrogen-bond donors (Lipinski definition) is 1. The Morgan fingerprint density at radius 1 is 1.13 bits per heavy atom. The summed E-state index contributed by atoms with van der Waals surface area (Å²) in [6.45, 7) is 6.01. The van der Waals surface area contributed by atoms with Crippen LogP contribution in [0.1, 0.15) is 47.1 Å². The normalized spacial score (nSPS) is 11.2. The van der Waals surface area contributed by atoms with Gasteiger partial charge in [0.1, 0.15) is 5.82 Å². The lowest BCUT2D eigenvalue weighted by Gasteiger charge is -2.09. The number of thiazole rings is 1. The average Bonchev–Trinajstić information content (AvgIpc) is 3.26. The fourth-order valence-electron chi connectivity index (χ4n) is 3.70. The first-order chi connectivity index (χ1) is 14.5. The third-order valence-corrected chi connectivity index (χ3v) is 6.19. The number of amides is 1. The molecule has 154 valence electrons. The van der Waals surface area contributed by atoms with Crippen LogP contribution in [0.25, 0.3) is 15.9 Å². The number of anilines is 1. The first-order valence-corrected chi connectivity index (χ1v) is 10.9. The average molecular weight is 422 g/mol. The molecule has 1 amide bonds. The van der Waals surface area contributed by atoms with Gasteiger partial charge < -0.3 is 4.57 Å². The Labute approximate surface area is 179 Å². The van der Waals surface area contributed by atoms with Gasteiger partial charge in [0.25, 0.3) is 5.91 Å². The van der Waals surface area contributed by atoms with Crippen LogP contribution in [-0.2, 0) is 6.42 Å². The first kappa shape index (κ1) is 20.3. The van der Waals surface area contributed by atoms with Gasteiger partial charge in [-0.15, -0.1) is 0 Å². The van der Waals surface area contributed by atoms with Crippen molar-refractivity contribution in [3.63, 3.8) is 0 Å². The van der Waals surface area contributed by atoms with Crippen molar-refractivity contribution in [3.8, 4) is 5.69 Å². The SMILES string of the molecule is CCCCc1ccc2nc(NC(=O)c3cc(C)n(-c4ccc(F)cc4)c3C)sc2c1. The zero-order valence-electron chi connectivity index (χ0n) is 17.3. The monoisotopic (exact) mass is 421 g/mol. The van der Waals surface area contributed by atoms with Crippen LogP contribution in [-0.4, -0.2) is 15.5 Å². The van der Waals surface area contributed by atoms with E-state index < -0.39 is 0 Å². The number of aryl methyl sites for hydroxylation is 2. The van der Waals surface area contributed by atoms with Crippen LogP contribution in [0.4, 0.5) is 9.52 Å². The summed E-state index contributed by atoms with van der Waals surface area (Å²) < 4.78 is 16.3. The van der Waals surface area contributed by atoms with Crippen molar-refractivity contribution in [2.24, 2.45) is 0 Å². The molecule has 6 heteroatoms. The molecule has 0 aliphatic rings. The number of nitrogens with zero attached hydrogens (tertiary/aromatic N) is 2. The molecule has 4 aromatic rings. The lowest BCUT2D eigenvalue weighted by Crippen LogP contribution is -2.12. The molecule has 0 spiro atoms. The van der Waals surface area contributed by atoms with E-state index in [0.29, 0.717) is 10.7 Å². The van der Waals surface area contributed by atoms with E-state index in [1.807, 2.05) is 30.5 Å². The molecule has 30 heavy (non-hydrogen) atoms. The Morgan fingerprint density at radius 2 is 1.90 bits per heavy atom. The van der Waals surface area contributed by atoms with Crippen molar-refractivity contribution < 1.29 is 9.18 Å². The van der Waals surface area contributed by atoms with Gasteiger partial charge >= 0.3 is 0 Å². The maximum atomic E-state index is 13.3. The Bertz CT molecular complexity index is 1210. The fraction of sp³-hybridized carbons (Fsp3) is 0.250. The lowest BCUT2D eigenvalue weighted by atomic mass is 10.1. The minimum Gasteiger partial charge on any atom is -0.318 e. The predicted molar refractivity (Wildman–Crippen MR) is 121 cm³/mol. The second kappa shape index (κ2) is 8.40. The van der Waals surface area contributed by atoms with E-state index in [2.05, 4.69) is 29.4 Å². The zero-order chi connectivity index (χ0) is 21.3. The summed E-state index contributed by atoms with van der Waals surface area (Å²) in [4.78, 5) is 17.5. The van der Waals surface area contributed by atoms with E-state index >= 15 is 0 Å². The van der Waals surface area contributed by atoms with Gasteiger partial charge in [-0.3, -0.25) is 10.1 Å². The Hall–Kier alpha value is -2.99. The van der Waals surface area contributed by atoms with Crippen LogP contribution in [0.5, 0.6) is 0 Å². The molecule has 0 bridgehead atoms. The number of halogens is 1. The quantitative estimate of drug-likeness (QED) is 0.389. The maximum absolute atomic E-state index is 13.3. The molecule has 0 saturated heterocycles. The van der Waals surface area contributed by atoms with E-state index in [4.69, 9.17) is 0 Å². The molecule has 2 aromatic heterocycles. The molecule has 1 N–H and O–H groups in total. The number of unbranched alkanes of at least 4 members (excludes halogenated alkanes) is 1. The minimum absolute atomic E-state index is 0.193. The third kappa shape index (κ3) is 4.00. The molecule has 0 atom stereocenters. The maximum Gasteiger partial charge on any atom is 0.259 e. The van der Waals surface area contributed by atoms with Gasteiger partial charge in [-0.2, -0.15) is 0 Å². The van der Waals surface area contributed by atoms with Crippen LogP contribution >= 0.6 is 11.3 Å². The van der Waals surface area contributed by atoms with Gasteiger partial charge in [0, 0.05) is 17.1 Å². The summed E-state index contributed by atoms with van der Waals surface area (Å²) in [6.07, 6.45) is 3.39. The highest BCUT2D eigenvalue weighted by Crippen LogP contribution is 2.28. The second-order valence-electron chi connectivity index (χ2n) is 7.48. The molecule has 4 rings (SSSR count). The van der Waals surface area contributed by atoms with Gasteiger partial charge in [-0.25, -0.2) is 9.37 Å². The van der Waals surface area contributed by atoms with Crippen LogP contribution in [0.2, 0.25) is 0 Å². The van der Waals surface area contributed by atoms with Crippen molar-refractivity contribution in [1.29, 1.82) is 0 Å².